The summed E-state index contributed by atoms with van der Waals surface area (Å²) in [6.07, 6.45) is 3.29. The van der Waals surface area contributed by atoms with Crippen LogP contribution in [0.1, 0.15) is 0 Å². The van der Waals surface area contributed by atoms with E-state index in [9.17, 15) is 9.18 Å². The van der Waals surface area contributed by atoms with E-state index in [-0.39, 0.29) is 18.8 Å². The summed E-state index contributed by atoms with van der Waals surface area (Å²) < 4.78 is 30.8. The van der Waals surface area contributed by atoms with E-state index >= 15 is 0 Å². The lowest BCUT2D eigenvalue weighted by molar-refractivity contribution is 0.102. The van der Waals surface area contributed by atoms with Gasteiger partial charge in [-0.25, -0.2) is 13.9 Å². The van der Waals surface area contributed by atoms with Crippen LogP contribution in [0.25, 0.3) is 5.69 Å². The van der Waals surface area contributed by atoms with E-state index in [0.717, 1.165) is 0 Å². The number of anilines is 1. The normalized spacial score (nSPS) is 16.9. The third-order valence-corrected chi connectivity index (χ3v) is 3.62. The Bertz CT molecular complexity index is 868. The first-order valence-corrected chi connectivity index (χ1v) is 7.38. The lowest BCUT2D eigenvalue weighted by Crippen LogP contribution is -2.26. The lowest BCUT2D eigenvalue weighted by atomic mass is 10.2. The number of halogens is 1. The monoisotopic (exact) mass is 345 g/mol. The Morgan fingerprint density at radius 2 is 2.28 bits per heavy atom. The van der Waals surface area contributed by atoms with Crippen molar-refractivity contribution in [2.75, 3.05) is 18.1 Å². The molecule has 0 saturated carbocycles. The maximum atomic E-state index is 14.3. The van der Waals surface area contributed by atoms with Gasteiger partial charge in [-0.1, -0.05) is 5.21 Å². The summed E-state index contributed by atoms with van der Waals surface area (Å²) in [7, 11) is 0. The molecule has 0 bridgehead atoms. The summed E-state index contributed by atoms with van der Waals surface area (Å²) in [5.74, 6) is -0.226. The van der Waals surface area contributed by atoms with Crippen molar-refractivity contribution in [2.24, 2.45) is 0 Å². The number of hydrogen-bond acceptors (Lipinski definition) is 7. The molecule has 4 rings (SSSR count). The molecule has 0 N–H and O–H groups in total. The molecule has 1 atom stereocenters. The average molecular weight is 345 g/mol. The van der Waals surface area contributed by atoms with E-state index in [0.29, 0.717) is 11.6 Å². The largest absolute Gasteiger partial charge is 0.471 e. The van der Waals surface area contributed by atoms with Crippen LogP contribution in [0.2, 0.25) is 0 Å². The van der Waals surface area contributed by atoms with Crippen molar-refractivity contribution in [3.63, 3.8) is 0 Å². The zero-order valence-electron chi connectivity index (χ0n) is 12.8. The minimum Gasteiger partial charge on any atom is -0.471 e. The standard InChI is InChI=1S/C15H12FN5O4/c16-12-7-10(1-2-13(12)21-5-4-17-19-21)20-8-11(25-15(20)22)9-23-14-3-6-24-18-14/h1-7,11H,8-9H2. The van der Waals surface area contributed by atoms with Crippen molar-refractivity contribution in [1.82, 2.24) is 20.2 Å². The molecule has 1 aliphatic heterocycles. The van der Waals surface area contributed by atoms with Gasteiger partial charge in [-0.3, -0.25) is 4.90 Å². The van der Waals surface area contributed by atoms with E-state index in [4.69, 9.17) is 9.47 Å². The molecule has 1 unspecified atom stereocenters. The fraction of sp³-hybridized carbons (Fsp3) is 0.200. The molecule has 1 aromatic carbocycles. The Kier molecular flexibility index (Phi) is 3.77. The lowest BCUT2D eigenvalue weighted by Gasteiger charge is -2.14. The minimum atomic E-state index is -0.568. The van der Waals surface area contributed by atoms with Crippen molar-refractivity contribution in [2.45, 2.75) is 6.10 Å². The molecule has 2 aromatic heterocycles. The molecular weight excluding hydrogens is 333 g/mol. The second-order valence-corrected chi connectivity index (χ2v) is 5.25. The molecule has 128 valence electrons. The minimum absolute atomic E-state index is 0.119. The molecule has 1 aliphatic rings. The van der Waals surface area contributed by atoms with Crippen LogP contribution in [-0.4, -0.2) is 45.5 Å². The first-order chi connectivity index (χ1) is 12.2. The van der Waals surface area contributed by atoms with Crippen molar-refractivity contribution < 1.29 is 23.2 Å². The number of nitrogens with zero attached hydrogens (tertiary/aromatic N) is 5. The molecular formula is C15H12FN5O4. The maximum absolute atomic E-state index is 14.3. The topological polar surface area (TPSA) is 95.5 Å². The van der Waals surface area contributed by atoms with Crippen LogP contribution in [0, 0.1) is 5.82 Å². The summed E-state index contributed by atoms with van der Waals surface area (Å²) in [6.45, 7) is 0.354. The van der Waals surface area contributed by atoms with Crippen molar-refractivity contribution in [3.8, 4) is 11.6 Å². The van der Waals surface area contributed by atoms with Gasteiger partial charge in [0.15, 0.2) is 11.9 Å². The number of benzene rings is 1. The van der Waals surface area contributed by atoms with E-state index in [1.54, 1.807) is 12.1 Å². The van der Waals surface area contributed by atoms with Crippen LogP contribution in [0.3, 0.4) is 0 Å². The number of carbonyl (C=O) groups excluding carboxylic acids is 1. The van der Waals surface area contributed by atoms with Gasteiger partial charge in [0, 0.05) is 6.07 Å². The van der Waals surface area contributed by atoms with Gasteiger partial charge in [0.2, 0.25) is 0 Å². The van der Waals surface area contributed by atoms with Gasteiger partial charge in [0.05, 0.1) is 24.6 Å². The average Bonchev–Trinajstić information content (AvgIpc) is 3.35. The summed E-state index contributed by atoms with van der Waals surface area (Å²) >= 11 is 0. The van der Waals surface area contributed by atoms with Crippen molar-refractivity contribution in [1.29, 1.82) is 0 Å². The number of carbonyl (C=O) groups is 1. The molecule has 0 spiro atoms. The summed E-state index contributed by atoms with van der Waals surface area (Å²) in [5.41, 5.74) is 0.620. The molecule has 10 heteroatoms. The van der Waals surface area contributed by atoms with E-state index in [2.05, 4.69) is 20.0 Å². The number of amides is 1. The third-order valence-electron chi connectivity index (χ3n) is 3.62. The van der Waals surface area contributed by atoms with Gasteiger partial charge in [0.1, 0.15) is 18.6 Å². The third kappa shape index (κ3) is 3.01. The number of aromatic nitrogens is 4. The summed E-state index contributed by atoms with van der Waals surface area (Å²) in [6, 6.07) is 5.93. The molecule has 25 heavy (non-hydrogen) atoms. The van der Waals surface area contributed by atoms with Gasteiger partial charge >= 0.3 is 6.09 Å². The second-order valence-electron chi connectivity index (χ2n) is 5.25. The Morgan fingerprint density at radius 3 is 3.00 bits per heavy atom. The zero-order valence-corrected chi connectivity index (χ0v) is 12.8. The quantitative estimate of drug-likeness (QED) is 0.696. The Labute approximate surface area is 140 Å². The maximum Gasteiger partial charge on any atom is 0.414 e. The van der Waals surface area contributed by atoms with Crippen LogP contribution in [0.15, 0.2) is 47.4 Å². The van der Waals surface area contributed by atoms with Crippen LogP contribution >= 0.6 is 0 Å². The van der Waals surface area contributed by atoms with Crippen LogP contribution in [0.4, 0.5) is 14.9 Å². The van der Waals surface area contributed by atoms with Crippen LogP contribution in [-0.2, 0) is 4.74 Å². The van der Waals surface area contributed by atoms with E-state index in [1.165, 1.54) is 40.4 Å². The highest BCUT2D eigenvalue weighted by molar-refractivity contribution is 5.89. The second kappa shape index (κ2) is 6.23. The molecule has 3 aromatic rings. The number of rotatable bonds is 5. The Hall–Kier alpha value is -3.43. The van der Waals surface area contributed by atoms with Crippen molar-refractivity contribution >= 4 is 11.8 Å². The molecule has 3 heterocycles. The Balaban J connectivity index is 1.46. The molecule has 9 nitrogen and oxygen atoms in total. The molecule has 1 fully saturated rings. The molecule has 0 aliphatic carbocycles. The molecule has 1 saturated heterocycles. The predicted molar refractivity (Wildman–Crippen MR) is 80.9 cm³/mol. The van der Waals surface area contributed by atoms with Gasteiger partial charge < -0.3 is 14.0 Å². The summed E-state index contributed by atoms with van der Waals surface area (Å²) in [5, 5.41) is 11.0. The van der Waals surface area contributed by atoms with Gasteiger partial charge in [-0.05, 0) is 23.4 Å². The highest BCUT2D eigenvalue weighted by Crippen LogP contribution is 2.25. The van der Waals surface area contributed by atoms with Crippen molar-refractivity contribution in [3.05, 3.63) is 48.7 Å². The first-order valence-electron chi connectivity index (χ1n) is 7.38. The highest BCUT2D eigenvalue weighted by atomic mass is 19.1. The van der Waals surface area contributed by atoms with Gasteiger partial charge in [0.25, 0.3) is 5.88 Å². The summed E-state index contributed by atoms with van der Waals surface area (Å²) in [4.78, 5) is 13.4. The number of cyclic esters (lactones) is 1. The fourth-order valence-electron chi connectivity index (χ4n) is 2.46. The Morgan fingerprint density at radius 1 is 1.36 bits per heavy atom. The highest BCUT2D eigenvalue weighted by Gasteiger charge is 2.33. The molecule has 0 radical (unpaired) electrons. The number of ether oxygens (including phenoxy) is 2. The SMILES string of the molecule is O=C1OC(COc2ccon2)CN1c1ccc(-n2ccnn2)c(F)c1. The predicted octanol–water partition coefficient (Wildman–Crippen LogP) is 1.80. The number of hydrogen-bond donors (Lipinski definition) is 0. The smallest absolute Gasteiger partial charge is 0.414 e. The first kappa shape index (κ1) is 15.1. The molecule has 1 amide bonds. The van der Waals surface area contributed by atoms with Gasteiger partial charge in [-0.2, -0.15) is 0 Å². The fourth-order valence-corrected chi connectivity index (χ4v) is 2.46. The van der Waals surface area contributed by atoms with Gasteiger partial charge in [-0.15, -0.1) is 5.10 Å². The van der Waals surface area contributed by atoms with E-state index < -0.39 is 18.0 Å². The zero-order chi connectivity index (χ0) is 17.2. The van der Waals surface area contributed by atoms with E-state index in [1.807, 2.05) is 0 Å². The van der Waals surface area contributed by atoms with Crippen LogP contribution < -0.4 is 9.64 Å². The van der Waals surface area contributed by atoms with Crippen LogP contribution in [0.5, 0.6) is 5.88 Å².